The van der Waals surface area contributed by atoms with Gasteiger partial charge in [-0.2, -0.15) is 0 Å². The van der Waals surface area contributed by atoms with Crippen molar-refractivity contribution in [2.75, 3.05) is 6.54 Å². The number of amides is 2. The van der Waals surface area contributed by atoms with Crippen LogP contribution in [-0.2, 0) is 16.1 Å². The minimum Gasteiger partial charge on any atom is -0.288 e. The highest BCUT2D eigenvalue weighted by Gasteiger charge is 2.32. The zero-order chi connectivity index (χ0) is 15.4. The van der Waals surface area contributed by atoms with Crippen molar-refractivity contribution >= 4 is 11.8 Å². The summed E-state index contributed by atoms with van der Waals surface area (Å²) in [6.07, 6.45) is 4.89. The molecule has 118 valence electrons. The first-order chi connectivity index (χ1) is 10.7. The lowest BCUT2D eigenvalue weighted by Gasteiger charge is -2.34. The normalized spacial score (nSPS) is 22.1. The van der Waals surface area contributed by atoms with Gasteiger partial charge in [0, 0.05) is 12.5 Å². The van der Waals surface area contributed by atoms with Crippen molar-refractivity contribution in [1.82, 2.24) is 15.8 Å². The molecule has 1 heterocycles. The minimum absolute atomic E-state index is 0.0567. The number of nitrogens with one attached hydrogen (secondary N) is 2. The fraction of sp³-hybridized carbons (Fsp3) is 0.529. The third-order valence-corrected chi connectivity index (χ3v) is 4.40. The Morgan fingerprint density at radius 2 is 1.73 bits per heavy atom. The van der Waals surface area contributed by atoms with E-state index in [0.29, 0.717) is 0 Å². The molecule has 0 bridgehead atoms. The average Bonchev–Trinajstić information content (AvgIpc) is 3.39. The first-order valence-electron chi connectivity index (χ1n) is 8.12. The van der Waals surface area contributed by atoms with Crippen molar-refractivity contribution in [3.05, 3.63) is 35.9 Å². The molecule has 2 aliphatic rings. The smallest absolute Gasteiger partial charge is 0.255 e. The van der Waals surface area contributed by atoms with E-state index in [-0.39, 0.29) is 23.8 Å². The number of likely N-dealkylation sites (tertiary alicyclic amines) is 1. The van der Waals surface area contributed by atoms with Gasteiger partial charge in [0.1, 0.15) is 0 Å². The summed E-state index contributed by atoms with van der Waals surface area (Å²) in [6.45, 7) is 1.69. The first-order valence-corrected chi connectivity index (χ1v) is 8.12. The Morgan fingerprint density at radius 1 is 1.00 bits per heavy atom. The number of benzene rings is 1. The van der Waals surface area contributed by atoms with E-state index in [2.05, 4.69) is 27.9 Å². The molecule has 3 rings (SSSR count). The summed E-state index contributed by atoms with van der Waals surface area (Å²) < 4.78 is 0. The fourth-order valence-electron chi connectivity index (χ4n) is 2.95. The molecule has 1 aromatic rings. The van der Waals surface area contributed by atoms with Crippen LogP contribution in [0.3, 0.4) is 0 Å². The number of carbonyl (C=O) groups excluding carboxylic acids is 2. The molecular weight excluding hydrogens is 278 g/mol. The Labute approximate surface area is 131 Å². The third-order valence-electron chi connectivity index (χ3n) is 4.40. The largest absolute Gasteiger partial charge is 0.288 e. The second-order valence-corrected chi connectivity index (χ2v) is 6.22. The molecule has 1 saturated heterocycles. The predicted molar refractivity (Wildman–Crippen MR) is 83.5 cm³/mol. The summed E-state index contributed by atoms with van der Waals surface area (Å²) in [6, 6.07) is 10.0. The van der Waals surface area contributed by atoms with Gasteiger partial charge >= 0.3 is 0 Å². The molecule has 5 nitrogen and oxygen atoms in total. The highest BCUT2D eigenvalue weighted by molar-refractivity contribution is 5.86. The van der Waals surface area contributed by atoms with Gasteiger partial charge in [0.15, 0.2) is 0 Å². The van der Waals surface area contributed by atoms with E-state index in [4.69, 9.17) is 0 Å². The zero-order valence-electron chi connectivity index (χ0n) is 12.8. The molecular formula is C17H23N3O2. The summed E-state index contributed by atoms with van der Waals surface area (Å²) in [5, 5.41) is 0. The number of rotatable bonds is 4. The monoisotopic (exact) mass is 301 g/mol. The lowest BCUT2D eigenvalue weighted by atomic mass is 10.0. The van der Waals surface area contributed by atoms with Crippen LogP contribution in [0.4, 0.5) is 0 Å². The molecule has 1 aliphatic carbocycles. The van der Waals surface area contributed by atoms with E-state index in [0.717, 1.165) is 45.2 Å². The van der Waals surface area contributed by atoms with Gasteiger partial charge in [0.25, 0.3) is 5.91 Å². The van der Waals surface area contributed by atoms with E-state index in [1.165, 1.54) is 5.56 Å². The molecule has 1 aromatic carbocycles. The molecule has 0 aromatic heterocycles. The van der Waals surface area contributed by atoms with Gasteiger partial charge in [-0.25, -0.2) is 0 Å². The van der Waals surface area contributed by atoms with Crippen molar-refractivity contribution in [2.45, 2.75) is 44.7 Å². The van der Waals surface area contributed by atoms with E-state index < -0.39 is 0 Å². The second kappa shape index (κ2) is 6.92. The lowest BCUT2D eigenvalue weighted by molar-refractivity contribution is -0.133. The summed E-state index contributed by atoms with van der Waals surface area (Å²) in [5.41, 5.74) is 6.38. The molecule has 2 N–H and O–H groups in total. The molecule has 2 fully saturated rings. The van der Waals surface area contributed by atoms with Crippen LogP contribution < -0.4 is 10.9 Å². The maximum Gasteiger partial charge on any atom is 0.255 e. The highest BCUT2D eigenvalue weighted by atomic mass is 16.2. The standard InChI is InChI=1S/C17H23N3O2/c21-16(14-9-10-14)18-19-17(22)15-8-4-5-11-20(15)12-13-6-2-1-3-7-13/h1-3,6-7,14-15H,4-5,8-12H2,(H,18,21)(H,19,22)/t15-/m0/s1. The second-order valence-electron chi connectivity index (χ2n) is 6.22. The van der Waals surface area contributed by atoms with Crippen LogP contribution in [0.25, 0.3) is 0 Å². The number of carbonyl (C=O) groups is 2. The Bertz CT molecular complexity index is 528. The van der Waals surface area contributed by atoms with E-state index in [1.807, 2.05) is 18.2 Å². The van der Waals surface area contributed by atoms with Crippen LogP contribution in [0.5, 0.6) is 0 Å². The predicted octanol–water partition coefficient (Wildman–Crippen LogP) is 1.60. The lowest BCUT2D eigenvalue weighted by Crippen LogP contribution is -2.53. The Kier molecular flexibility index (Phi) is 4.73. The molecule has 1 aliphatic heterocycles. The number of hydrogen-bond acceptors (Lipinski definition) is 3. The third kappa shape index (κ3) is 3.85. The molecule has 1 saturated carbocycles. The fourth-order valence-corrected chi connectivity index (χ4v) is 2.95. The molecule has 0 radical (unpaired) electrons. The van der Waals surface area contributed by atoms with Crippen molar-refractivity contribution < 1.29 is 9.59 Å². The summed E-state index contributed by atoms with van der Waals surface area (Å²) >= 11 is 0. The average molecular weight is 301 g/mol. The first kappa shape index (κ1) is 15.0. The number of hydrazine groups is 1. The topological polar surface area (TPSA) is 61.4 Å². The maximum atomic E-state index is 12.4. The Morgan fingerprint density at radius 3 is 2.45 bits per heavy atom. The molecule has 2 amide bonds. The SMILES string of the molecule is O=C(NNC(=O)[C@@H]1CCCCN1Cc1ccccc1)C1CC1. The minimum atomic E-state index is -0.159. The van der Waals surface area contributed by atoms with Gasteiger partial charge < -0.3 is 0 Å². The van der Waals surface area contributed by atoms with Crippen LogP contribution in [0, 0.1) is 5.92 Å². The van der Waals surface area contributed by atoms with Gasteiger partial charge in [-0.1, -0.05) is 36.8 Å². The van der Waals surface area contributed by atoms with Crippen LogP contribution in [-0.4, -0.2) is 29.3 Å². The van der Waals surface area contributed by atoms with Gasteiger partial charge in [-0.15, -0.1) is 0 Å². The van der Waals surface area contributed by atoms with Gasteiger partial charge in [-0.3, -0.25) is 25.3 Å². The summed E-state index contributed by atoms with van der Waals surface area (Å²) in [7, 11) is 0. The van der Waals surface area contributed by atoms with Crippen molar-refractivity contribution in [3.63, 3.8) is 0 Å². The van der Waals surface area contributed by atoms with Crippen LogP contribution >= 0.6 is 0 Å². The van der Waals surface area contributed by atoms with E-state index in [9.17, 15) is 9.59 Å². The zero-order valence-corrected chi connectivity index (χ0v) is 12.8. The molecule has 22 heavy (non-hydrogen) atoms. The van der Waals surface area contributed by atoms with Gasteiger partial charge in [-0.05, 0) is 37.8 Å². The van der Waals surface area contributed by atoms with Crippen molar-refractivity contribution in [3.8, 4) is 0 Å². The molecule has 1 atom stereocenters. The number of piperidine rings is 1. The van der Waals surface area contributed by atoms with Crippen LogP contribution in [0.15, 0.2) is 30.3 Å². The summed E-state index contributed by atoms with van der Waals surface area (Å²) in [5.74, 6) is -0.0459. The quantitative estimate of drug-likeness (QED) is 0.830. The van der Waals surface area contributed by atoms with Crippen molar-refractivity contribution in [2.24, 2.45) is 5.92 Å². The van der Waals surface area contributed by atoms with Crippen LogP contribution in [0.1, 0.15) is 37.7 Å². The van der Waals surface area contributed by atoms with Gasteiger partial charge in [0.05, 0.1) is 6.04 Å². The molecule has 5 heteroatoms. The molecule has 0 unspecified atom stereocenters. The Hall–Kier alpha value is -1.88. The van der Waals surface area contributed by atoms with Crippen LogP contribution in [0.2, 0.25) is 0 Å². The van der Waals surface area contributed by atoms with Gasteiger partial charge in [0.2, 0.25) is 5.91 Å². The van der Waals surface area contributed by atoms with E-state index in [1.54, 1.807) is 0 Å². The highest BCUT2D eigenvalue weighted by Crippen LogP contribution is 2.28. The van der Waals surface area contributed by atoms with E-state index >= 15 is 0 Å². The number of nitrogens with zero attached hydrogens (tertiary/aromatic N) is 1. The summed E-state index contributed by atoms with van der Waals surface area (Å²) in [4.78, 5) is 26.2. The maximum absolute atomic E-state index is 12.4. The van der Waals surface area contributed by atoms with Crippen molar-refractivity contribution in [1.29, 1.82) is 0 Å². The number of hydrogen-bond donors (Lipinski definition) is 2. The Balaban J connectivity index is 1.56. The molecule has 0 spiro atoms.